The Morgan fingerprint density at radius 2 is 0.757 bits per heavy atom. The van der Waals surface area contributed by atoms with Crippen LogP contribution in [0.2, 0.25) is 56.9 Å². The summed E-state index contributed by atoms with van der Waals surface area (Å²) >= 11 is 0. The van der Waals surface area contributed by atoms with Crippen LogP contribution in [0.15, 0.2) is 0 Å². The van der Waals surface area contributed by atoms with Crippen molar-refractivity contribution < 1.29 is 69.8 Å². The van der Waals surface area contributed by atoms with Gasteiger partial charge in [0.15, 0.2) is 8.32 Å². The van der Waals surface area contributed by atoms with Crippen molar-refractivity contribution in [1.82, 2.24) is 0 Å². The minimum Gasteiger partial charge on any atom is -0.436 e. The Labute approximate surface area is 211 Å². The third-order valence-electron chi connectivity index (χ3n) is 4.97. The lowest BCUT2D eigenvalue weighted by molar-refractivity contribution is -0.132. The van der Waals surface area contributed by atoms with Crippen LogP contribution in [0.25, 0.3) is 0 Å². The van der Waals surface area contributed by atoms with Gasteiger partial charge >= 0.3 is 50.4 Å². The predicted molar refractivity (Wildman–Crippen MR) is 120 cm³/mol. The van der Waals surface area contributed by atoms with Crippen molar-refractivity contribution in [2.75, 3.05) is 0 Å². The molecule has 0 amide bonds. The molecule has 0 fully saturated rings. The molecule has 0 heterocycles. The number of hydrogen-bond acceptors (Lipinski definition) is 4. The maximum Gasteiger partial charge on any atom is 0.389 e. The molecular weight excluding hydrogens is 609 g/mol. The van der Waals surface area contributed by atoms with Gasteiger partial charge in [0.2, 0.25) is 0 Å². The number of halogens is 12. The lowest BCUT2D eigenvalue weighted by Gasteiger charge is -2.43. The second-order valence-electron chi connectivity index (χ2n) is 9.97. The monoisotopic (exact) mass is 640 g/mol. The van der Waals surface area contributed by atoms with E-state index in [9.17, 15) is 57.5 Å². The van der Waals surface area contributed by atoms with Crippen LogP contribution in [0.3, 0.4) is 0 Å². The first-order valence-corrected chi connectivity index (χ1v) is 21.8. The summed E-state index contributed by atoms with van der Waals surface area (Å²) in [5.41, 5.74) is 0. The summed E-state index contributed by atoms with van der Waals surface area (Å²) in [5, 5.41) is 0. The van der Waals surface area contributed by atoms with Gasteiger partial charge in [-0.15, -0.1) is 0 Å². The summed E-state index contributed by atoms with van der Waals surface area (Å²) < 4.78 is 171. The van der Waals surface area contributed by atoms with E-state index in [0.29, 0.717) is 0 Å². The molecule has 0 bridgehead atoms. The Morgan fingerprint density at radius 1 is 0.459 bits per heavy atom. The lowest BCUT2D eigenvalue weighted by Crippen LogP contribution is -2.60. The molecule has 0 radical (unpaired) electrons. The first-order chi connectivity index (χ1) is 15.9. The van der Waals surface area contributed by atoms with Crippen LogP contribution in [0.5, 0.6) is 0 Å². The maximum atomic E-state index is 13.0. The van der Waals surface area contributed by atoms with Crippen LogP contribution in [0, 0.1) is 0 Å². The standard InChI is InChI=1S/C17H32F12O4Si4/c1-34(2,10-6-14(18,19)20)31-36(4,12-8-16(24,25)26)33-37(5,13-9-17(27,28)29)32-35(3,30)11-7-15(21,22)23/h30H,6-13H2,1-5H3. The van der Waals surface area contributed by atoms with Gasteiger partial charge in [0.25, 0.3) is 0 Å². The van der Waals surface area contributed by atoms with Crippen LogP contribution in [0.4, 0.5) is 52.7 Å². The summed E-state index contributed by atoms with van der Waals surface area (Å²) in [5.74, 6) is 0. The summed E-state index contributed by atoms with van der Waals surface area (Å²) in [6.07, 6.45) is -24.8. The Balaban J connectivity index is 6.16. The van der Waals surface area contributed by atoms with Gasteiger partial charge in [-0.05, 0) is 56.9 Å². The van der Waals surface area contributed by atoms with Crippen LogP contribution in [0.1, 0.15) is 25.7 Å². The number of alkyl halides is 12. The van der Waals surface area contributed by atoms with E-state index in [1.54, 1.807) is 0 Å². The number of rotatable bonds is 14. The third-order valence-corrected chi connectivity index (χ3v) is 20.8. The fraction of sp³-hybridized carbons (Fsp3) is 1.00. The van der Waals surface area contributed by atoms with E-state index in [1.807, 2.05) is 0 Å². The number of hydrogen-bond donors (Lipinski definition) is 1. The van der Waals surface area contributed by atoms with Crippen LogP contribution in [-0.4, -0.2) is 63.5 Å². The largest absolute Gasteiger partial charge is 0.436 e. The molecule has 1 N–H and O–H groups in total. The quantitative estimate of drug-likeness (QED) is 0.153. The van der Waals surface area contributed by atoms with E-state index < -0.39 is 109 Å². The van der Waals surface area contributed by atoms with Crippen molar-refractivity contribution in [3.05, 3.63) is 0 Å². The summed E-state index contributed by atoms with van der Waals surface area (Å²) in [6.45, 7) is 5.48. The predicted octanol–water partition coefficient (Wildman–Crippen LogP) is 8.26. The molecule has 20 heteroatoms. The first-order valence-electron chi connectivity index (χ1n) is 11.0. The molecule has 0 aromatic carbocycles. The summed E-state index contributed by atoms with van der Waals surface area (Å²) in [6, 6.07) is -3.42. The molecule has 0 aromatic heterocycles. The molecule has 0 saturated carbocycles. The van der Waals surface area contributed by atoms with Gasteiger partial charge < -0.3 is 17.1 Å². The average molecular weight is 641 g/mol. The van der Waals surface area contributed by atoms with Crippen molar-refractivity contribution in [3.8, 4) is 0 Å². The molecule has 0 spiro atoms. The zero-order chi connectivity index (χ0) is 29.8. The van der Waals surface area contributed by atoms with Gasteiger partial charge in [-0.2, -0.15) is 52.7 Å². The molecule has 224 valence electrons. The van der Waals surface area contributed by atoms with Crippen LogP contribution < -0.4 is 0 Å². The Morgan fingerprint density at radius 3 is 1.11 bits per heavy atom. The van der Waals surface area contributed by atoms with E-state index in [0.717, 1.165) is 19.6 Å². The molecule has 0 aliphatic heterocycles. The van der Waals surface area contributed by atoms with Crippen LogP contribution >= 0.6 is 0 Å². The smallest absolute Gasteiger partial charge is 0.389 e. The highest BCUT2D eigenvalue weighted by Crippen LogP contribution is 2.38. The summed E-state index contributed by atoms with van der Waals surface area (Å²) in [7, 11) is -16.4. The Kier molecular flexibility index (Phi) is 12.5. The third kappa shape index (κ3) is 19.6. The van der Waals surface area contributed by atoms with E-state index in [1.165, 1.54) is 13.1 Å². The van der Waals surface area contributed by atoms with Crippen molar-refractivity contribution in [2.24, 2.45) is 0 Å². The van der Waals surface area contributed by atoms with Gasteiger partial charge in [-0.25, -0.2) is 0 Å². The fourth-order valence-electron chi connectivity index (χ4n) is 3.41. The molecule has 0 aromatic rings. The zero-order valence-corrected chi connectivity index (χ0v) is 24.9. The van der Waals surface area contributed by atoms with Gasteiger partial charge in [0, 0.05) is 25.7 Å². The normalized spacial score (nSPS) is 19.3. The highest BCUT2D eigenvalue weighted by Gasteiger charge is 2.52. The molecule has 0 aliphatic rings. The van der Waals surface area contributed by atoms with Crippen molar-refractivity contribution in [3.63, 3.8) is 0 Å². The first kappa shape index (κ1) is 36.9. The molecular formula is C17H32F12O4Si4. The molecule has 0 saturated heterocycles. The van der Waals surface area contributed by atoms with Crippen molar-refractivity contribution >= 4 is 34.0 Å². The van der Waals surface area contributed by atoms with E-state index in [-0.39, 0.29) is 0 Å². The van der Waals surface area contributed by atoms with E-state index in [2.05, 4.69) is 0 Å². The van der Waals surface area contributed by atoms with Crippen molar-refractivity contribution in [1.29, 1.82) is 0 Å². The van der Waals surface area contributed by atoms with Gasteiger partial charge in [0.1, 0.15) is 0 Å². The summed E-state index contributed by atoms with van der Waals surface area (Å²) in [4.78, 5) is 10.5. The molecule has 4 nitrogen and oxygen atoms in total. The minimum absolute atomic E-state index is 0.575. The molecule has 3 unspecified atom stereocenters. The SMILES string of the molecule is C[Si](C)(CCC(F)(F)F)O[Si](C)(CCC(F)(F)F)O[Si](C)(CCC(F)(F)F)O[Si](C)(O)CCC(F)(F)F. The van der Waals surface area contributed by atoms with E-state index >= 15 is 0 Å². The zero-order valence-electron chi connectivity index (χ0n) is 20.9. The van der Waals surface area contributed by atoms with Gasteiger partial charge in [-0.1, -0.05) is 0 Å². The molecule has 0 rings (SSSR count). The van der Waals surface area contributed by atoms with Crippen LogP contribution in [-0.2, 0) is 12.3 Å². The van der Waals surface area contributed by atoms with Gasteiger partial charge in [0.05, 0.1) is 0 Å². The average Bonchev–Trinajstić information content (AvgIpc) is 2.59. The lowest BCUT2D eigenvalue weighted by atomic mass is 10.5. The molecule has 3 atom stereocenters. The van der Waals surface area contributed by atoms with Gasteiger partial charge in [-0.3, -0.25) is 0 Å². The fourth-order valence-corrected chi connectivity index (χ4v) is 22.1. The second kappa shape index (κ2) is 12.6. The maximum absolute atomic E-state index is 13.0. The van der Waals surface area contributed by atoms with E-state index in [4.69, 9.17) is 12.3 Å². The molecule has 37 heavy (non-hydrogen) atoms. The highest BCUT2D eigenvalue weighted by molar-refractivity contribution is 6.89. The topological polar surface area (TPSA) is 47.9 Å². The molecule has 0 aliphatic carbocycles. The minimum atomic E-state index is -4.80. The Hall–Kier alpha value is -0.132. The van der Waals surface area contributed by atoms with Crippen molar-refractivity contribution in [2.45, 2.75) is 107 Å². The highest BCUT2D eigenvalue weighted by atomic mass is 28.5. The Bertz CT molecular complexity index is 654. The second-order valence-corrected chi connectivity index (χ2v) is 24.8.